The number of alkyl halides is 3. The minimum atomic E-state index is -4.67. The highest BCUT2D eigenvalue weighted by atomic mass is 19.4. The normalized spacial score (nSPS) is 14.9. The van der Waals surface area contributed by atoms with Gasteiger partial charge >= 0.3 is 6.18 Å². The first-order valence-corrected chi connectivity index (χ1v) is 10.6. The highest BCUT2D eigenvalue weighted by Crippen LogP contribution is 2.32. The Kier molecular flexibility index (Phi) is 6.56. The topological polar surface area (TPSA) is 70.6 Å². The molecular weight excluding hydrogens is 454 g/mol. The summed E-state index contributed by atoms with van der Waals surface area (Å²) in [5, 5.41) is 3.40. The SMILES string of the molecule is Cc1nc(N2CCN(C)CC2)nc2ccc(NC(=O)COc3ccc(C(F)(F)F)cc3F)cc12. The van der Waals surface area contributed by atoms with Gasteiger partial charge in [-0.1, -0.05) is 0 Å². The highest BCUT2D eigenvalue weighted by Gasteiger charge is 2.31. The van der Waals surface area contributed by atoms with Crippen molar-refractivity contribution in [3.63, 3.8) is 0 Å². The molecule has 4 rings (SSSR count). The zero-order valence-electron chi connectivity index (χ0n) is 18.6. The van der Waals surface area contributed by atoms with Gasteiger partial charge < -0.3 is 19.9 Å². The average molecular weight is 477 g/mol. The molecule has 1 saturated heterocycles. The molecule has 1 aromatic heterocycles. The Labute approximate surface area is 193 Å². The smallest absolute Gasteiger partial charge is 0.416 e. The third kappa shape index (κ3) is 5.36. The predicted molar refractivity (Wildman–Crippen MR) is 120 cm³/mol. The van der Waals surface area contributed by atoms with Gasteiger partial charge in [0.25, 0.3) is 5.91 Å². The van der Waals surface area contributed by atoms with E-state index in [1.165, 1.54) is 0 Å². The third-order valence-electron chi connectivity index (χ3n) is 5.56. The van der Waals surface area contributed by atoms with Gasteiger partial charge in [0, 0.05) is 37.3 Å². The van der Waals surface area contributed by atoms with Crippen LogP contribution in [0.1, 0.15) is 11.3 Å². The maximum atomic E-state index is 13.9. The first kappa shape index (κ1) is 23.7. The average Bonchev–Trinajstić information content (AvgIpc) is 2.78. The number of piperazine rings is 1. The molecule has 1 amide bonds. The van der Waals surface area contributed by atoms with Gasteiger partial charge in [0.15, 0.2) is 18.2 Å². The second kappa shape index (κ2) is 9.41. The summed E-state index contributed by atoms with van der Waals surface area (Å²) in [6.45, 7) is 4.85. The van der Waals surface area contributed by atoms with E-state index in [4.69, 9.17) is 4.74 Å². The minimum Gasteiger partial charge on any atom is -0.481 e. The molecular formula is C23H23F4N5O2. The Morgan fingerprint density at radius 1 is 1.09 bits per heavy atom. The van der Waals surface area contributed by atoms with Crippen LogP contribution in [0.4, 0.5) is 29.2 Å². The highest BCUT2D eigenvalue weighted by molar-refractivity contribution is 5.95. The number of ether oxygens (including phenoxy) is 1. The van der Waals surface area contributed by atoms with E-state index in [-0.39, 0.29) is 0 Å². The molecule has 180 valence electrons. The number of carbonyl (C=O) groups excluding carboxylic acids is 1. The van der Waals surface area contributed by atoms with Gasteiger partial charge in [-0.25, -0.2) is 14.4 Å². The minimum absolute atomic E-state index is 0.329. The van der Waals surface area contributed by atoms with Gasteiger partial charge in [-0.15, -0.1) is 0 Å². The maximum Gasteiger partial charge on any atom is 0.416 e. The van der Waals surface area contributed by atoms with E-state index >= 15 is 0 Å². The molecule has 0 radical (unpaired) electrons. The first-order valence-electron chi connectivity index (χ1n) is 10.6. The Morgan fingerprint density at radius 2 is 1.82 bits per heavy atom. The van der Waals surface area contributed by atoms with Gasteiger partial charge in [-0.05, 0) is 50.4 Å². The molecule has 1 aliphatic heterocycles. The van der Waals surface area contributed by atoms with E-state index in [1.54, 1.807) is 18.2 Å². The second-order valence-corrected chi connectivity index (χ2v) is 8.11. The third-order valence-corrected chi connectivity index (χ3v) is 5.56. The van der Waals surface area contributed by atoms with Crippen molar-refractivity contribution >= 4 is 28.4 Å². The van der Waals surface area contributed by atoms with Gasteiger partial charge in [0.2, 0.25) is 5.95 Å². The molecule has 0 saturated carbocycles. The van der Waals surface area contributed by atoms with Crippen LogP contribution in [0.15, 0.2) is 36.4 Å². The van der Waals surface area contributed by atoms with Crippen molar-refractivity contribution < 1.29 is 27.1 Å². The van der Waals surface area contributed by atoms with Crippen LogP contribution in [-0.4, -0.2) is 60.6 Å². The van der Waals surface area contributed by atoms with Crippen molar-refractivity contribution in [2.45, 2.75) is 13.1 Å². The summed E-state index contributed by atoms with van der Waals surface area (Å²) in [6.07, 6.45) is -4.67. The number of likely N-dealkylation sites (N-methyl/N-ethyl adjacent to an activating group) is 1. The van der Waals surface area contributed by atoms with E-state index in [2.05, 4.69) is 32.1 Å². The molecule has 11 heteroatoms. The summed E-state index contributed by atoms with van der Waals surface area (Å²) in [7, 11) is 2.07. The van der Waals surface area contributed by atoms with Crippen LogP contribution in [0.5, 0.6) is 5.75 Å². The molecule has 2 aromatic carbocycles. The lowest BCUT2D eigenvalue weighted by Crippen LogP contribution is -2.45. The number of aryl methyl sites for hydroxylation is 1. The van der Waals surface area contributed by atoms with E-state index in [0.717, 1.165) is 48.8 Å². The number of anilines is 2. The molecule has 0 bridgehead atoms. The molecule has 0 unspecified atom stereocenters. The van der Waals surface area contributed by atoms with Crippen LogP contribution >= 0.6 is 0 Å². The van der Waals surface area contributed by atoms with Gasteiger partial charge in [0.05, 0.1) is 16.8 Å². The molecule has 1 N–H and O–H groups in total. The number of carbonyl (C=O) groups is 1. The van der Waals surface area contributed by atoms with Crippen LogP contribution in [0.3, 0.4) is 0 Å². The molecule has 1 fully saturated rings. The molecule has 34 heavy (non-hydrogen) atoms. The molecule has 0 aliphatic carbocycles. The van der Waals surface area contributed by atoms with Crippen LogP contribution in [-0.2, 0) is 11.0 Å². The fraction of sp³-hybridized carbons (Fsp3) is 0.348. The van der Waals surface area contributed by atoms with Gasteiger partial charge in [-0.3, -0.25) is 4.79 Å². The summed E-state index contributed by atoms with van der Waals surface area (Å²) in [5.74, 6) is -1.56. The number of nitrogens with one attached hydrogen (secondary N) is 1. The molecule has 1 aliphatic rings. The van der Waals surface area contributed by atoms with E-state index < -0.39 is 35.8 Å². The number of rotatable bonds is 5. The molecule has 0 atom stereocenters. The van der Waals surface area contributed by atoms with Crippen LogP contribution in [0, 0.1) is 12.7 Å². The predicted octanol–water partition coefficient (Wildman–Crippen LogP) is 3.87. The van der Waals surface area contributed by atoms with Crippen molar-refractivity contribution in [3.8, 4) is 5.75 Å². The molecule has 2 heterocycles. The summed E-state index contributed by atoms with van der Waals surface area (Å²) >= 11 is 0. The lowest BCUT2D eigenvalue weighted by atomic mass is 10.1. The molecule has 0 spiro atoms. The number of halogens is 4. The first-order chi connectivity index (χ1) is 16.1. The summed E-state index contributed by atoms with van der Waals surface area (Å²) in [5.41, 5.74) is 0.833. The number of hydrogen-bond donors (Lipinski definition) is 1. The lowest BCUT2D eigenvalue weighted by molar-refractivity contribution is -0.137. The number of fused-ring (bicyclic) bond motifs is 1. The van der Waals surface area contributed by atoms with E-state index in [0.29, 0.717) is 23.8 Å². The van der Waals surface area contributed by atoms with Crippen molar-refractivity contribution in [3.05, 3.63) is 53.5 Å². The fourth-order valence-electron chi connectivity index (χ4n) is 3.63. The number of nitrogens with zero attached hydrogens (tertiary/aromatic N) is 4. The van der Waals surface area contributed by atoms with Crippen LogP contribution in [0.2, 0.25) is 0 Å². The zero-order valence-corrected chi connectivity index (χ0v) is 18.6. The van der Waals surface area contributed by atoms with Crippen molar-refractivity contribution in [1.29, 1.82) is 0 Å². The number of aromatic nitrogens is 2. The lowest BCUT2D eigenvalue weighted by Gasteiger charge is -2.32. The maximum absolute atomic E-state index is 13.9. The summed E-state index contributed by atoms with van der Waals surface area (Å²) in [6, 6.07) is 7.05. The second-order valence-electron chi connectivity index (χ2n) is 8.11. The van der Waals surface area contributed by atoms with Crippen molar-refractivity contribution in [2.75, 3.05) is 50.1 Å². The summed E-state index contributed by atoms with van der Waals surface area (Å²) in [4.78, 5) is 25.9. The quantitative estimate of drug-likeness (QED) is 0.563. The molecule has 3 aromatic rings. The Morgan fingerprint density at radius 3 is 2.50 bits per heavy atom. The standard InChI is InChI=1S/C23H23F4N5O2/c1-14-17-12-16(4-5-19(17)30-22(28-14)32-9-7-31(2)8-10-32)29-21(33)13-34-20-6-3-15(11-18(20)24)23(25,26)27/h3-6,11-12H,7-10,13H2,1-2H3,(H,29,33). The monoisotopic (exact) mass is 477 g/mol. The van der Waals surface area contributed by atoms with Crippen LogP contribution < -0.4 is 15.0 Å². The fourth-order valence-corrected chi connectivity index (χ4v) is 3.63. The zero-order chi connectivity index (χ0) is 24.5. The van der Waals surface area contributed by atoms with Crippen molar-refractivity contribution in [1.82, 2.24) is 14.9 Å². The van der Waals surface area contributed by atoms with Crippen molar-refractivity contribution in [2.24, 2.45) is 0 Å². The van der Waals surface area contributed by atoms with Crippen LogP contribution in [0.25, 0.3) is 10.9 Å². The number of hydrogen-bond acceptors (Lipinski definition) is 6. The Bertz CT molecular complexity index is 1210. The molecule has 7 nitrogen and oxygen atoms in total. The largest absolute Gasteiger partial charge is 0.481 e. The Balaban J connectivity index is 1.41. The number of benzene rings is 2. The van der Waals surface area contributed by atoms with Gasteiger partial charge in [-0.2, -0.15) is 13.2 Å². The number of amides is 1. The van der Waals surface area contributed by atoms with E-state index in [1.807, 2.05) is 6.92 Å². The van der Waals surface area contributed by atoms with Gasteiger partial charge in [0.1, 0.15) is 0 Å². The van der Waals surface area contributed by atoms with E-state index in [9.17, 15) is 22.4 Å². The Hall–Kier alpha value is -3.47. The summed E-state index contributed by atoms with van der Waals surface area (Å²) < 4.78 is 56.9.